The number of carbonyl (C=O) groups excluding carboxylic acids is 1. The number of benzene rings is 1. The molecule has 1 aromatic carbocycles. The van der Waals surface area contributed by atoms with Gasteiger partial charge in [0.25, 0.3) is 5.91 Å². The summed E-state index contributed by atoms with van der Waals surface area (Å²) in [5.74, 6) is 0.466. The fourth-order valence-electron chi connectivity index (χ4n) is 1.68. The number of hydrogen-bond donors (Lipinski definition) is 2. The van der Waals surface area contributed by atoms with E-state index >= 15 is 0 Å². The molecule has 2 rings (SSSR count). The van der Waals surface area contributed by atoms with E-state index in [1.165, 1.54) is 0 Å². The monoisotopic (exact) mass is 216 g/mol. The van der Waals surface area contributed by atoms with Crippen LogP contribution in [0.15, 0.2) is 30.5 Å². The standard InChI is InChI=1S/C13H16N2O/c1-9(2)8-15-13(16)11-4-3-5-12-10(11)6-7-14-12/h3-7,9,14H,8H2,1-2H3,(H,15,16). The lowest BCUT2D eigenvalue weighted by Crippen LogP contribution is -2.27. The highest BCUT2D eigenvalue weighted by Crippen LogP contribution is 2.17. The SMILES string of the molecule is CC(C)CNC(=O)c1cccc2[nH]ccc12. The zero-order valence-corrected chi connectivity index (χ0v) is 9.58. The van der Waals surface area contributed by atoms with Gasteiger partial charge in [0.05, 0.1) is 0 Å². The van der Waals surface area contributed by atoms with Gasteiger partial charge in [-0.05, 0) is 24.1 Å². The number of carbonyl (C=O) groups is 1. The van der Waals surface area contributed by atoms with E-state index in [0.29, 0.717) is 12.5 Å². The molecule has 1 heterocycles. The largest absolute Gasteiger partial charge is 0.361 e. The number of hydrogen-bond acceptors (Lipinski definition) is 1. The second-order valence-corrected chi connectivity index (χ2v) is 4.35. The van der Waals surface area contributed by atoms with E-state index in [-0.39, 0.29) is 5.91 Å². The second kappa shape index (κ2) is 4.39. The summed E-state index contributed by atoms with van der Waals surface area (Å²) in [6.07, 6.45) is 1.85. The average molecular weight is 216 g/mol. The summed E-state index contributed by atoms with van der Waals surface area (Å²) in [4.78, 5) is 15.0. The lowest BCUT2D eigenvalue weighted by molar-refractivity contribution is 0.0950. The average Bonchev–Trinajstić information content (AvgIpc) is 2.73. The van der Waals surface area contributed by atoms with E-state index in [0.717, 1.165) is 16.5 Å². The van der Waals surface area contributed by atoms with Crippen molar-refractivity contribution in [2.24, 2.45) is 5.92 Å². The van der Waals surface area contributed by atoms with Crippen molar-refractivity contribution < 1.29 is 4.79 Å². The van der Waals surface area contributed by atoms with Crippen molar-refractivity contribution in [2.45, 2.75) is 13.8 Å². The van der Waals surface area contributed by atoms with Crippen molar-refractivity contribution in [2.75, 3.05) is 6.54 Å². The van der Waals surface area contributed by atoms with Crippen molar-refractivity contribution in [1.29, 1.82) is 0 Å². The van der Waals surface area contributed by atoms with Gasteiger partial charge in [-0.3, -0.25) is 4.79 Å². The molecule has 2 N–H and O–H groups in total. The molecule has 2 aromatic rings. The Hall–Kier alpha value is -1.77. The first-order valence-corrected chi connectivity index (χ1v) is 5.53. The lowest BCUT2D eigenvalue weighted by atomic mass is 10.1. The molecule has 0 bridgehead atoms. The zero-order valence-electron chi connectivity index (χ0n) is 9.58. The van der Waals surface area contributed by atoms with Crippen LogP contribution in [0.5, 0.6) is 0 Å². The van der Waals surface area contributed by atoms with Gasteiger partial charge >= 0.3 is 0 Å². The Bertz CT molecular complexity index is 499. The van der Waals surface area contributed by atoms with Gasteiger partial charge in [0.2, 0.25) is 0 Å². The van der Waals surface area contributed by atoms with Crippen LogP contribution in [0.3, 0.4) is 0 Å². The van der Waals surface area contributed by atoms with E-state index in [1.807, 2.05) is 30.5 Å². The van der Waals surface area contributed by atoms with Crippen molar-refractivity contribution in [3.8, 4) is 0 Å². The molecule has 0 aliphatic rings. The maximum absolute atomic E-state index is 11.9. The van der Waals surface area contributed by atoms with Crippen LogP contribution < -0.4 is 5.32 Å². The molecule has 1 aromatic heterocycles. The molecule has 0 spiro atoms. The van der Waals surface area contributed by atoms with Gasteiger partial charge in [-0.25, -0.2) is 0 Å². The van der Waals surface area contributed by atoms with Crippen molar-refractivity contribution >= 4 is 16.8 Å². The van der Waals surface area contributed by atoms with Crippen LogP contribution in [-0.4, -0.2) is 17.4 Å². The highest BCUT2D eigenvalue weighted by atomic mass is 16.1. The van der Waals surface area contributed by atoms with Gasteiger partial charge in [-0.1, -0.05) is 19.9 Å². The summed E-state index contributed by atoms with van der Waals surface area (Å²) >= 11 is 0. The summed E-state index contributed by atoms with van der Waals surface area (Å²) in [6, 6.07) is 7.64. The summed E-state index contributed by atoms with van der Waals surface area (Å²) in [5, 5.41) is 3.90. The molecule has 84 valence electrons. The number of H-pyrrole nitrogens is 1. The van der Waals surface area contributed by atoms with E-state index in [4.69, 9.17) is 0 Å². The zero-order chi connectivity index (χ0) is 11.5. The molecule has 3 nitrogen and oxygen atoms in total. The third kappa shape index (κ3) is 2.08. The Balaban J connectivity index is 2.25. The smallest absolute Gasteiger partial charge is 0.251 e. The molecule has 0 unspecified atom stereocenters. The molecular formula is C13H16N2O. The number of amides is 1. The van der Waals surface area contributed by atoms with Crippen LogP contribution in [-0.2, 0) is 0 Å². The van der Waals surface area contributed by atoms with Gasteiger partial charge in [0.1, 0.15) is 0 Å². The van der Waals surface area contributed by atoms with E-state index < -0.39 is 0 Å². The van der Waals surface area contributed by atoms with Crippen molar-refractivity contribution in [1.82, 2.24) is 10.3 Å². The van der Waals surface area contributed by atoms with E-state index in [9.17, 15) is 4.79 Å². The minimum absolute atomic E-state index is 0.00102. The van der Waals surface area contributed by atoms with E-state index in [1.54, 1.807) is 0 Å². The third-order valence-corrected chi connectivity index (χ3v) is 2.51. The van der Waals surface area contributed by atoms with Crippen LogP contribution in [0.25, 0.3) is 10.9 Å². The van der Waals surface area contributed by atoms with E-state index in [2.05, 4.69) is 24.1 Å². The van der Waals surface area contributed by atoms with Crippen LogP contribution in [0.2, 0.25) is 0 Å². The molecule has 16 heavy (non-hydrogen) atoms. The number of fused-ring (bicyclic) bond motifs is 1. The Morgan fingerprint density at radius 2 is 2.19 bits per heavy atom. The molecule has 0 radical (unpaired) electrons. The third-order valence-electron chi connectivity index (χ3n) is 2.51. The molecule has 0 aliphatic heterocycles. The first-order valence-electron chi connectivity index (χ1n) is 5.53. The first-order chi connectivity index (χ1) is 7.68. The maximum atomic E-state index is 11.9. The highest BCUT2D eigenvalue weighted by Gasteiger charge is 2.09. The molecule has 0 saturated heterocycles. The topological polar surface area (TPSA) is 44.9 Å². The summed E-state index contributed by atoms with van der Waals surface area (Å²) in [7, 11) is 0. The summed E-state index contributed by atoms with van der Waals surface area (Å²) in [5.41, 5.74) is 1.73. The molecule has 0 saturated carbocycles. The minimum Gasteiger partial charge on any atom is -0.361 e. The van der Waals surface area contributed by atoms with Gasteiger partial charge in [0.15, 0.2) is 0 Å². The molecular weight excluding hydrogens is 200 g/mol. The summed E-state index contributed by atoms with van der Waals surface area (Å²) in [6.45, 7) is 4.87. The van der Waals surface area contributed by atoms with Crippen molar-refractivity contribution in [3.63, 3.8) is 0 Å². The fourth-order valence-corrected chi connectivity index (χ4v) is 1.68. The number of rotatable bonds is 3. The minimum atomic E-state index is -0.00102. The maximum Gasteiger partial charge on any atom is 0.251 e. The van der Waals surface area contributed by atoms with Crippen LogP contribution in [0, 0.1) is 5.92 Å². The quantitative estimate of drug-likeness (QED) is 0.813. The number of aromatic nitrogens is 1. The fraction of sp³-hybridized carbons (Fsp3) is 0.308. The van der Waals surface area contributed by atoms with Gasteiger partial charge in [0, 0.05) is 29.2 Å². The molecule has 3 heteroatoms. The predicted molar refractivity (Wildman–Crippen MR) is 65.5 cm³/mol. The van der Waals surface area contributed by atoms with Gasteiger partial charge < -0.3 is 10.3 Å². The molecule has 0 atom stereocenters. The second-order valence-electron chi connectivity index (χ2n) is 4.35. The Kier molecular flexibility index (Phi) is 2.95. The Labute approximate surface area is 94.9 Å². The predicted octanol–water partition coefficient (Wildman–Crippen LogP) is 2.55. The molecule has 0 aliphatic carbocycles. The lowest BCUT2D eigenvalue weighted by Gasteiger charge is -2.08. The highest BCUT2D eigenvalue weighted by molar-refractivity contribution is 6.06. The van der Waals surface area contributed by atoms with Crippen LogP contribution >= 0.6 is 0 Å². The first kappa shape index (κ1) is 10.7. The van der Waals surface area contributed by atoms with Gasteiger partial charge in [-0.15, -0.1) is 0 Å². The van der Waals surface area contributed by atoms with Crippen molar-refractivity contribution in [3.05, 3.63) is 36.0 Å². The van der Waals surface area contributed by atoms with Gasteiger partial charge in [-0.2, -0.15) is 0 Å². The number of nitrogens with one attached hydrogen (secondary N) is 2. The molecule has 1 amide bonds. The molecule has 0 fully saturated rings. The number of aromatic amines is 1. The van der Waals surface area contributed by atoms with Crippen LogP contribution in [0.1, 0.15) is 24.2 Å². The Morgan fingerprint density at radius 3 is 2.94 bits per heavy atom. The Morgan fingerprint density at radius 1 is 1.38 bits per heavy atom. The summed E-state index contributed by atoms with van der Waals surface area (Å²) < 4.78 is 0. The normalized spacial score (nSPS) is 10.9. The van der Waals surface area contributed by atoms with Crippen LogP contribution in [0.4, 0.5) is 0 Å².